The predicted molar refractivity (Wildman–Crippen MR) is 96.0 cm³/mol. The molecule has 1 heterocycles. The minimum atomic E-state index is -4.64. The predicted octanol–water partition coefficient (Wildman–Crippen LogP) is 5.21. The van der Waals surface area contributed by atoms with E-state index in [0.717, 1.165) is 17.8 Å². The van der Waals surface area contributed by atoms with Gasteiger partial charge in [-0.05, 0) is 43.2 Å². The van der Waals surface area contributed by atoms with Crippen molar-refractivity contribution in [3.8, 4) is 0 Å². The van der Waals surface area contributed by atoms with Gasteiger partial charge in [-0.25, -0.2) is 4.39 Å². The molecular weight excluding hydrogens is 360 g/mol. The molecule has 144 valence electrons. The van der Waals surface area contributed by atoms with E-state index in [1.54, 1.807) is 0 Å². The molecule has 0 radical (unpaired) electrons. The van der Waals surface area contributed by atoms with Crippen molar-refractivity contribution in [3.05, 3.63) is 59.9 Å². The lowest BCUT2D eigenvalue weighted by atomic mass is 9.90. The maximum Gasteiger partial charge on any atom is 0.416 e. The summed E-state index contributed by atoms with van der Waals surface area (Å²) in [4.78, 5) is 16.3. The highest BCUT2D eigenvalue weighted by atomic mass is 19.4. The molecule has 0 bridgehead atoms. The number of para-hydroxylation sites is 1. The Labute approximate surface area is 155 Å². The summed E-state index contributed by atoms with van der Waals surface area (Å²) >= 11 is 0. The third-order valence-corrected chi connectivity index (χ3v) is 5.25. The Morgan fingerprint density at radius 3 is 2.19 bits per heavy atom. The van der Waals surface area contributed by atoms with Gasteiger partial charge >= 0.3 is 6.18 Å². The van der Waals surface area contributed by atoms with Crippen LogP contribution in [0.2, 0.25) is 0 Å². The summed E-state index contributed by atoms with van der Waals surface area (Å²) in [5.41, 5.74) is -1.27. The van der Waals surface area contributed by atoms with Crippen molar-refractivity contribution in [2.24, 2.45) is 0 Å². The zero-order valence-corrected chi connectivity index (χ0v) is 15.1. The van der Waals surface area contributed by atoms with Gasteiger partial charge in [0.05, 0.1) is 17.9 Å². The van der Waals surface area contributed by atoms with Crippen LogP contribution < -0.4 is 9.80 Å². The average molecular weight is 380 g/mol. The van der Waals surface area contributed by atoms with Gasteiger partial charge in [0.15, 0.2) is 0 Å². The summed E-state index contributed by atoms with van der Waals surface area (Å²) < 4.78 is 52.9. The number of nitrogens with zero attached hydrogens (tertiary/aromatic N) is 2. The quantitative estimate of drug-likeness (QED) is 0.680. The van der Waals surface area contributed by atoms with Gasteiger partial charge in [0.1, 0.15) is 11.4 Å². The molecule has 3 nitrogen and oxygen atoms in total. The SMILES string of the molecule is CCC1(CC)C(=O)N(c2ccc(C(F)(F)F)cc2F)CN1c1ccccc1. The highest BCUT2D eigenvalue weighted by molar-refractivity contribution is 6.06. The third-order valence-electron chi connectivity index (χ3n) is 5.25. The van der Waals surface area contributed by atoms with E-state index in [-0.39, 0.29) is 18.3 Å². The van der Waals surface area contributed by atoms with Crippen LogP contribution in [0.1, 0.15) is 32.3 Å². The van der Waals surface area contributed by atoms with E-state index in [1.807, 2.05) is 49.1 Å². The van der Waals surface area contributed by atoms with Crippen molar-refractivity contribution >= 4 is 17.3 Å². The Morgan fingerprint density at radius 1 is 1.04 bits per heavy atom. The zero-order valence-electron chi connectivity index (χ0n) is 15.1. The Hall–Kier alpha value is -2.57. The molecule has 1 fully saturated rings. The molecule has 0 spiro atoms. The summed E-state index contributed by atoms with van der Waals surface area (Å²) in [7, 11) is 0. The van der Waals surface area contributed by atoms with Gasteiger partial charge in [0.2, 0.25) is 0 Å². The lowest BCUT2D eigenvalue weighted by Crippen LogP contribution is -2.48. The molecule has 2 aromatic rings. The second-order valence-electron chi connectivity index (χ2n) is 6.54. The normalized spacial score (nSPS) is 16.9. The van der Waals surface area contributed by atoms with Crippen LogP contribution in [0.5, 0.6) is 0 Å². The van der Waals surface area contributed by atoms with Gasteiger partial charge in [-0.2, -0.15) is 13.2 Å². The van der Waals surface area contributed by atoms with Crippen molar-refractivity contribution in [2.75, 3.05) is 16.5 Å². The molecule has 0 aliphatic carbocycles. The molecule has 0 aromatic heterocycles. The first kappa shape index (κ1) is 19.2. The van der Waals surface area contributed by atoms with Crippen LogP contribution in [-0.4, -0.2) is 18.1 Å². The summed E-state index contributed by atoms with van der Waals surface area (Å²) in [5, 5.41) is 0. The van der Waals surface area contributed by atoms with Crippen molar-refractivity contribution in [3.63, 3.8) is 0 Å². The van der Waals surface area contributed by atoms with Crippen molar-refractivity contribution in [1.82, 2.24) is 0 Å². The molecule has 0 unspecified atom stereocenters. The molecule has 3 rings (SSSR count). The minimum absolute atomic E-state index is 0.0762. The summed E-state index contributed by atoms with van der Waals surface area (Å²) in [6.45, 7) is 3.83. The number of carbonyl (C=O) groups is 1. The Kier molecular flexibility index (Phi) is 4.88. The lowest BCUT2D eigenvalue weighted by molar-refractivity contribution is -0.137. The van der Waals surface area contributed by atoms with Gasteiger partial charge in [-0.1, -0.05) is 32.0 Å². The number of carbonyl (C=O) groups excluding carboxylic acids is 1. The standard InChI is InChI=1S/C20H20F4N2O/c1-3-19(4-2)18(27)25(13-26(19)15-8-6-5-7-9-15)17-11-10-14(12-16(17)21)20(22,23)24/h5-12H,3-4,13H2,1-2H3. The van der Waals surface area contributed by atoms with Crippen LogP contribution in [-0.2, 0) is 11.0 Å². The van der Waals surface area contributed by atoms with E-state index in [4.69, 9.17) is 0 Å². The van der Waals surface area contributed by atoms with Gasteiger partial charge in [-0.3, -0.25) is 9.69 Å². The first-order valence-corrected chi connectivity index (χ1v) is 8.76. The molecule has 0 atom stereocenters. The Balaban J connectivity index is 2.04. The van der Waals surface area contributed by atoms with Crippen LogP contribution in [0.3, 0.4) is 0 Å². The fourth-order valence-corrected chi connectivity index (χ4v) is 3.67. The minimum Gasteiger partial charge on any atom is -0.339 e. The number of rotatable bonds is 4. The highest BCUT2D eigenvalue weighted by Gasteiger charge is 2.51. The molecule has 1 saturated heterocycles. The van der Waals surface area contributed by atoms with Gasteiger partial charge < -0.3 is 4.90 Å². The second kappa shape index (κ2) is 6.87. The summed E-state index contributed by atoms with van der Waals surface area (Å²) in [6, 6.07) is 11.5. The molecule has 0 N–H and O–H groups in total. The summed E-state index contributed by atoms with van der Waals surface area (Å²) in [5.74, 6) is -1.37. The van der Waals surface area contributed by atoms with Gasteiger partial charge in [-0.15, -0.1) is 0 Å². The fourth-order valence-electron chi connectivity index (χ4n) is 3.67. The van der Waals surface area contributed by atoms with Crippen LogP contribution in [0.25, 0.3) is 0 Å². The fraction of sp³-hybridized carbons (Fsp3) is 0.350. The van der Waals surface area contributed by atoms with Crippen molar-refractivity contribution < 1.29 is 22.4 Å². The molecule has 7 heteroatoms. The van der Waals surface area contributed by atoms with E-state index < -0.39 is 23.1 Å². The average Bonchev–Trinajstić information content (AvgIpc) is 2.94. The lowest BCUT2D eigenvalue weighted by Gasteiger charge is -2.35. The molecule has 1 aliphatic rings. The number of hydrogen-bond acceptors (Lipinski definition) is 2. The monoisotopic (exact) mass is 380 g/mol. The number of halogens is 4. The molecule has 27 heavy (non-hydrogen) atoms. The Bertz CT molecular complexity index is 832. The number of amides is 1. The smallest absolute Gasteiger partial charge is 0.339 e. The number of anilines is 2. The number of benzene rings is 2. The van der Waals surface area contributed by atoms with E-state index in [1.165, 1.54) is 4.90 Å². The molecular formula is C20H20F4N2O. The number of alkyl halides is 3. The van der Waals surface area contributed by atoms with E-state index in [2.05, 4.69) is 0 Å². The third kappa shape index (κ3) is 3.15. The van der Waals surface area contributed by atoms with Crippen LogP contribution in [0, 0.1) is 5.82 Å². The van der Waals surface area contributed by atoms with Crippen molar-refractivity contribution in [2.45, 2.75) is 38.4 Å². The van der Waals surface area contributed by atoms with E-state index in [0.29, 0.717) is 18.9 Å². The molecule has 2 aromatic carbocycles. The van der Waals surface area contributed by atoms with Gasteiger partial charge in [0.25, 0.3) is 5.91 Å². The van der Waals surface area contributed by atoms with E-state index in [9.17, 15) is 22.4 Å². The topological polar surface area (TPSA) is 23.6 Å². The van der Waals surface area contributed by atoms with Crippen LogP contribution >= 0.6 is 0 Å². The van der Waals surface area contributed by atoms with E-state index >= 15 is 0 Å². The van der Waals surface area contributed by atoms with Crippen LogP contribution in [0.15, 0.2) is 48.5 Å². The first-order valence-electron chi connectivity index (χ1n) is 8.76. The molecule has 1 amide bonds. The van der Waals surface area contributed by atoms with Gasteiger partial charge in [0, 0.05) is 5.69 Å². The van der Waals surface area contributed by atoms with Crippen molar-refractivity contribution in [1.29, 1.82) is 0 Å². The molecule has 1 aliphatic heterocycles. The summed E-state index contributed by atoms with van der Waals surface area (Å²) in [6.07, 6.45) is -3.65. The maximum absolute atomic E-state index is 14.5. The molecule has 0 saturated carbocycles. The maximum atomic E-state index is 14.5. The second-order valence-corrected chi connectivity index (χ2v) is 6.54. The Morgan fingerprint density at radius 2 is 1.67 bits per heavy atom. The van der Waals surface area contributed by atoms with Crippen LogP contribution in [0.4, 0.5) is 28.9 Å². The highest BCUT2D eigenvalue weighted by Crippen LogP contribution is 2.40. The number of hydrogen-bond donors (Lipinski definition) is 0. The first-order chi connectivity index (χ1) is 12.7. The largest absolute Gasteiger partial charge is 0.416 e. The zero-order chi connectivity index (χ0) is 19.8.